The maximum Gasteiger partial charge on any atom is 0.393 e. The Bertz CT molecular complexity index is 510. The number of alkyl halides is 2. The Hall–Kier alpha value is -0.510. The predicted octanol–water partition coefficient (Wildman–Crippen LogP) is 3.54. The van der Waals surface area contributed by atoms with Gasteiger partial charge in [0.15, 0.2) is 0 Å². The predicted molar refractivity (Wildman–Crippen MR) is 84.1 cm³/mol. The van der Waals surface area contributed by atoms with Gasteiger partial charge in [-0.25, -0.2) is 14.3 Å². The van der Waals surface area contributed by atoms with Crippen LogP contribution in [0.1, 0.15) is 5.56 Å². The fraction of sp³-hybridized carbons (Fsp3) is 0.385. The van der Waals surface area contributed by atoms with E-state index in [1.54, 1.807) is 4.67 Å². The quantitative estimate of drug-likeness (QED) is 0.638. The van der Waals surface area contributed by atoms with Crippen LogP contribution in [-0.4, -0.2) is 36.1 Å². The van der Waals surface area contributed by atoms with Crippen LogP contribution in [0.5, 0.6) is 0 Å². The molecule has 0 fully saturated rings. The highest BCUT2D eigenvalue weighted by Gasteiger charge is 2.36. The van der Waals surface area contributed by atoms with Gasteiger partial charge in [-0.05, 0) is 6.08 Å². The first kappa shape index (κ1) is 15.9. The second kappa shape index (κ2) is 7.48. The van der Waals surface area contributed by atoms with Crippen LogP contribution >= 0.6 is 30.9 Å². The van der Waals surface area contributed by atoms with E-state index in [1.807, 2.05) is 36.4 Å². The van der Waals surface area contributed by atoms with Gasteiger partial charge in [-0.15, -0.1) is 23.2 Å². The summed E-state index contributed by atoms with van der Waals surface area (Å²) in [5.74, 6) is 1.39. The molecule has 0 saturated carbocycles. The van der Waals surface area contributed by atoms with Gasteiger partial charge in [-0.2, -0.15) is 0 Å². The molecule has 0 bridgehead atoms. The minimum atomic E-state index is -3.13. The average Bonchev–Trinajstić information content (AvgIpc) is 2.48. The number of nitrogens with one attached hydrogen (secondary N) is 1. The molecule has 1 N–H and O–H groups in total. The first-order valence-electron chi connectivity index (χ1n) is 6.37. The molecular weight excluding hydrogens is 318 g/mol. The van der Waals surface area contributed by atoms with Gasteiger partial charge in [0.05, 0.1) is 0 Å². The molecule has 2 rings (SSSR count). The number of rotatable bonds is 6. The summed E-state index contributed by atoms with van der Waals surface area (Å²) in [6, 6.07) is 9.62. The highest BCUT2D eigenvalue weighted by Crippen LogP contribution is 2.52. The smallest absolute Gasteiger partial charge is 0.393 e. The standard InChI is InChI=1S/C13H17Cl2N2O2P/c14-7-9-16-20(18)17(11-8-15)10-6-13(19-20)12-4-2-1-3-5-12/h1-6H,7-11H2,(H,16,18)/t20-/m1/s1. The SMILES string of the molecule is O=[P@]1(NCCCl)OC(c2ccccc2)=CCN1CCCl. The molecule has 4 nitrogen and oxygen atoms in total. The summed E-state index contributed by atoms with van der Waals surface area (Å²) in [4.78, 5) is 0. The van der Waals surface area contributed by atoms with Gasteiger partial charge in [0.2, 0.25) is 0 Å². The largest absolute Gasteiger partial charge is 0.422 e. The summed E-state index contributed by atoms with van der Waals surface area (Å²) >= 11 is 11.4. The number of benzene rings is 1. The number of hydrogen-bond donors (Lipinski definition) is 1. The summed E-state index contributed by atoms with van der Waals surface area (Å²) in [6.07, 6.45) is 1.92. The molecule has 1 aromatic carbocycles. The van der Waals surface area contributed by atoms with Crippen LogP contribution in [0, 0.1) is 0 Å². The second-order valence-electron chi connectivity index (χ2n) is 4.24. The van der Waals surface area contributed by atoms with E-state index in [1.165, 1.54) is 0 Å². The van der Waals surface area contributed by atoms with Crippen molar-refractivity contribution in [2.45, 2.75) is 0 Å². The minimum Gasteiger partial charge on any atom is -0.422 e. The topological polar surface area (TPSA) is 41.6 Å². The van der Waals surface area contributed by atoms with Crippen molar-refractivity contribution in [3.05, 3.63) is 42.0 Å². The lowest BCUT2D eigenvalue weighted by Gasteiger charge is -2.34. The maximum absolute atomic E-state index is 12.9. The lowest BCUT2D eigenvalue weighted by molar-refractivity contribution is 0.337. The molecule has 20 heavy (non-hydrogen) atoms. The molecule has 1 aliphatic rings. The van der Waals surface area contributed by atoms with Crippen LogP contribution < -0.4 is 5.09 Å². The Kier molecular flexibility index (Phi) is 5.94. The Morgan fingerprint density at radius 1 is 1.25 bits per heavy atom. The van der Waals surface area contributed by atoms with Crippen LogP contribution in [0.2, 0.25) is 0 Å². The summed E-state index contributed by atoms with van der Waals surface area (Å²) in [6.45, 7) is 1.44. The summed E-state index contributed by atoms with van der Waals surface area (Å²) in [7, 11) is -3.13. The Morgan fingerprint density at radius 3 is 2.65 bits per heavy atom. The average molecular weight is 335 g/mol. The van der Waals surface area contributed by atoms with Crippen LogP contribution in [0.3, 0.4) is 0 Å². The van der Waals surface area contributed by atoms with E-state index in [9.17, 15) is 4.57 Å². The van der Waals surface area contributed by atoms with Crippen molar-refractivity contribution >= 4 is 36.6 Å². The Balaban J connectivity index is 2.21. The van der Waals surface area contributed by atoms with Crippen LogP contribution in [0.15, 0.2) is 36.4 Å². The van der Waals surface area contributed by atoms with E-state index >= 15 is 0 Å². The lowest BCUT2D eigenvalue weighted by Crippen LogP contribution is -2.34. The third-order valence-electron chi connectivity index (χ3n) is 2.89. The molecule has 7 heteroatoms. The van der Waals surface area contributed by atoms with E-state index in [-0.39, 0.29) is 0 Å². The van der Waals surface area contributed by atoms with Crippen LogP contribution in [0.25, 0.3) is 5.76 Å². The van der Waals surface area contributed by atoms with Crippen molar-refractivity contribution in [3.63, 3.8) is 0 Å². The molecule has 0 aromatic heterocycles. The van der Waals surface area contributed by atoms with Gasteiger partial charge in [-0.1, -0.05) is 30.3 Å². The Morgan fingerprint density at radius 2 is 2.00 bits per heavy atom. The minimum absolute atomic E-state index is 0.368. The van der Waals surface area contributed by atoms with Gasteiger partial charge in [-0.3, -0.25) is 0 Å². The second-order valence-corrected chi connectivity index (χ2v) is 7.11. The van der Waals surface area contributed by atoms with Crippen molar-refractivity contribution in [2.75, 3.05) is 31.4 Å². The molecular formula is C13H17Cl2N2O2P. The summed E-state index contributed by atoms with van der Waals surface area (Å²) in [5, 5.41) is 2.91. The zero-order chi connectivity index (χ0) is 14.4. The van der Waals surface area contributed by atoms with E-state index in [4.69, 9.17) is 27.7 Å². The normalized spacial score (nSPS) is 23.2. The number of hydrogen-bond acceptors (Lipinski definition) is 2. The molecule has 110 valence electrons. The molecule has 0 unspecified atom stereocenters. The van der Waals surface area contributed by atoms with Gasteiger partial charge in [0.1, 0.15) is 5.76 Å². The van der Waals surface area contributed by atoms with E-state index in [2.05, 4.69) is 5.09 Å². The Labute approximate surface area is 129 Å². The lowest BCUT2D eigenvalue weighted by atomic mass is 10.2. The molecule has 1 atom stereocenters. The molecule has 0 amide bonds. The van der Waals surface area contributed by atoms with Gasteiger partial charge >= 0.3 is 7.67 Å². The van der Waals surface area contributed by atoms with Crippen molar-refractivity contribution in [3.8, 4) is 0 Å². The molecule has 0 spiro atoms. The van der Waals surface area contributed by atoms with Crippen molar-refractivity contribution in [1.82, 2.24) is 9.76 Å². The number of halogens is 2. The monoisotopic (exact) mass is 334 g/mol. The molecule has 1 aliphatic heterocycles. The van der Waals surface area contributed by atoms with Crippen LogP contribution in [-0.2, 0) is 9.09 Å². The van der Waals surface area contributed by atoms with Crippen LogP contribution in [0.4, 0.5) is 0 Å². The zero-order valence-electron chi connectivity index (χ0n) is 11.0. The fourth-order valence-corrected chi connectivity index (χ4v) is 4.36. The van der Waals surface area contributed by atoms with Crippen molar-refractivity contribution < 1.29 is 9.09 Å². The molecule has 1 aromatic rings. The molecule has 0 aliphatic carbocycles. The third kappa shape index (κ3) is 3.78. The first-order valence-corrected chi connectivity index (χ1v) is 9.02. The maximum atomic E-state index is 12.9. The summed E-state index contributed by atoms with van der Waals surface area (Å²) in [5.41, 5.74) is 0.908. The number of nitrogens with zero attached hydrogens (tertiary/aromatic N) is 1. The first-order chi connectivity index (χ1) is 9.69. The van der Waals surface area contributed by atoms with Crippen molar-refractivity contribution in [1.29, 1.82) is 0 Å². The third-order valence-corrected chi connectivity index (χ3v) is 5.42. The molecule has 0 saturated heterocycles. The summed E-state index contributed by atoms with van der Waals surface area (Å²) < 4.78 is 20.4. The van der Waals surface area contributed by atoms with E-state index in [0.717, 1.165) is 5.56 Å². The highest BCUT2D eigenvalue weighted by molar-refractivity contribution is 7.54. The highest BCUT2D eigenvalue weighted by atomic mass is 35.5. The van der Waals surface area contributed by atoms with E-state index in [0.29, 0.717) is 37.2 Å². The molecule has 1 heterocycles. The molecule has 0 radical (unpaired) electrons. The van der Waals surface area contributed by atoms with E-state index < -0.39 is 7.67 Å². The fourth-order valence-electron chi connectivity index (χ4n) is 1.93. The zero-order valence-corrected chi connectivity index (χ0v) is 13.4. The van der Waals surface area contributed by atoms with Gasteiger partial charge in [0.25, 0.3) is 0 Å². The van der Waals surface area contributed by atoms with Gasteiger partial charge in [0, 0.05) is 37.0 Å². The van der Waals surface area contributed by atoms with Crippen molar-refractivity contribution in [2.24, 2.45) is 0 Å². The van der Waals surface area contributed by atoms with Gasteiger partial charge < -0.3 is 4.52 Å².